The van der Waals surface area contributed by atoms with Crippen molar-refractivity contribution in [3.8, 4) is 0 Å². The van der Waals surface area contributed by atoms with Crippen LogP contribution in [0.2, 0.25) is 0 Å². The Bertz CT molecular complexity index is 461. The molecule has 0 spiro atoms. The van der Waals surface area contributed by atoms with Crippen LogP contribution in [-0.4, -0.2) is 35.1 Å². The third-order valence-corrected chi connectivity index (χ3v) is 4.43. The molecule has 0 saturated heterocycles. The van der Waals surface area contributed by atoms with E-state index in [2.05, 4.69) is 15.6 Å². The molecule has 1 fully saturated rings. The third-order valence-electron chi connectivity index (χ3n) is 3.41. The Morgan fingerprint density at radius 1 is 1.19 bits per heavy atom. The smallest absolute Gasteiger partial charge is 0.230 e. The summed E-state index contributed by atoms with van der Waals surface area (Å²) >= 11 is 1.46. The first kappa shape index (κ1) is 15.8. The molecule has 0 radical (unpaired) electrons. The molecule has 2 rings (SSSR count). The highest BCUT2D eigenvalue weighted by Crippen LogP contribution is 2.17. The second kappa shape index (κ2) is 8.67. The molecule has 21 heavy (non-hydrogen) atoms. The van der Waals surface area contributed by atoms with Crippen molar-refractivity contribution in [2.75, 3.05) is 12.3 Å². The lowest BCUT2D eigenvalue weighted by molar-refractivity contribution is -0.122. The van der Waals surface area contributed by atoms with Crippen LogP contribution < -0.4 is 10.6 Å². The Morgan fingerprint density at radius 3 is 2.62 bits per heavy atom. The molecule has 0 aliphatic heterocycles. The Morgan fingerprint density at radius 2 is 1.90 bits per heavy atom. The number of thioether (sulfide) groups is 1. The van der Waals surface area contributed by atoms with Crippen LogP contribution in [0.15, 0.2) is 29.4 Å². The first-order valence-corrected chi connectivity index (χ1v) is 8.31. The quantitative estimate of drug-likeness (QED) is 0.753. The minimum absolute atomic E-state index is 0.0315. The van der Waals surface area contributed by atoms with Gasteiger partial charge in [-0.25, -0.2) is 0 Å². The molecule has 2 amide bonds. The molecule has 1 heterocycles. The van der Waals surface area contributed by atoms with Gasteiger partial charge < -0.3 is 10.6 Å². The Kier molecular flexibility index (Phi) is 6.53. The van der Waals surface area contributed by atoms with Gasteiger partial charge in [0.05, 0.1) is 5.75 Å². The average Bonchev–Trinajstić information content (AvgIpc) is 2.99. The molecule has 114 valence electrons. The zero-order chi connectivity index (χ0) is 14.9. The van der Waals surface area contributed by atoms with Crippen molar-refractivity contribution in [1.29, 1.82) is 0 Å². The van der Waals surface area contributed by atoms with E-state index < -0.39 is 0 Å². The van der Waals surface area contributed by atoms with E-state index in [4.69, 9.17) is 0 Å². The maximum Gasteiger partial charge on any atom is 0.230 e. The molecule has 6 heteroatoms. The number of hydrogen-bond donors (Lipinski definition) is 2. The standard InChI is InChI=1S/C15H21N3O2S/c19-14(18-12-3-1-2-4-12)7-10-17-15(20)11-21-13-5-8-16-9-6-13/h5-6,8-9,12H,1-4,7,10-11H2,(H,17,20)(H,18,19). The topological polar surface area (TPSA) is 71.1 Å². The predicted molar refractivity (Wildman–Crippen MR) is 83.0 cm³/mol. The summed E-state index contributed by atoms with van der Waals surface area (Å²) in [4.78, 5) is 28.3. The zero-order valence-corrected chi connectivity index (χ0v) is 12.8. The molecule has 1 aliphatic rings. The molecule has 1 aromatic heterocycles. The van der Waals surface area contributed by atoms with E-state index >= 15 is 0 Å². The van der Waals surface area contributed by atoms with E-state index in [9.17, 15) is 9.59 Å². The fraction of sp³-hybridized carbons (Fsp3) is 0.533. The van der Waals surface area contributed by atoms with Gasteiger partial charge in [-0.1, -0.05) is 12.8 Å². The second-order valence-corrected chi connectivity index (χ2v) is 6.17. The number of carbonyl (C=O) groups is 2. The molecular formula is C15H21N3O2S. The largest absolute Gasteiger partial charge is 0.355 e. The summed E-state index contributed by atoms with van der Waals surface area (Å²) in [6.45, 7) is 0.397. The Hall–Kier alpha value is -1.56. The van der Waals surface area contributed by atoms with E-state index in [1.807, 2.05) is 12.1 Å². The fourth-order valence-corrected chi connectivity index (χ4v) is 3.03. The first-order chi connectivity index (χ1) is 10.2. The lowest BCUT2D eigenvalue weighted by Crippen LogP contribution is -2.36. The molecule has 5 nitrogen and oxygen atoms in total. The van der Waals surface area contributed by atoms with E-state index in [1.54, 1.807) is 12.4 Å². The van der Waals surface area contributed by atoms with Crippen molar-refractivity contribution in [2.45, 2.75) is 43.0 Å². The van der Waals surface area contributed by atoms with Gasteiger partial charge in [0.2, 0.25) is 11.8 Å². The number of aromatic nitrogens is 1. The molecule has 0 aromatic carbocycles. The van der Waals surface area contributed by atoms with Crippen LogP contribution in [0.3, 0.4) is 0 Å². The van der Waals surface area contributed by atoms with Crippen LogP contribution in [-0.2, 0) is 9.59 Å². The molecule has 0 unspecified atom stereocenters. The number of nitrogens with one attached hydrogen (secondary N) is 2. The molecular weight excluding hydrogens is 286 g/mol. The summed E-state index contributed by atoms with van der Waals surface area (Å²) in [5.41, 5.74) is 0. The van der Waals surface area contributed by atoms with Gasteiger partial charge >= 0.3 is 0 Å². The van der Waals surface area contributed by atoms with E-state index in [-0.39, 0.29) is 11.8 Å². The lowest BCUT2D eigenvalue weighted by atomic mass is 10.2. The molecule has 1 aliphatic carbocycles. The number of hydrogen-bond acceptors (Lipinski definition) is 4. The number of nitrogens with zero attached hydrogens (tertiary/aromatic N) is 1. The Labute approximate surface area is 129 Å². The molecule has 0 atom stereocenters. The maximum absolute atomic E-state index is 11.7. The summed E-state index contributed by atoms with van der Waals surface area (Å²) in [7, 11) is 0. The van der Waals surface area contributed by atoms with Gasteiger partial charge in [-0.15, -0.1) is 11.8 Å². The van der Waals surface area contributed by atoms with E-state index in [0.29, 0.717) is 24.8 Å². The minimum Gasteiger partial charge on any atom is -0.355 e. The highest BCUT2D eigenvalue weighted by molar-refractivity contribution is 8.00. The Balaban J connectivity index is 1.55. The summed E-state index contributed by atoms with van der Waals surface area (Å²) in [6, 6.07) is 4.08. The van der Waals surface area contributed by atoms with Crippen LogP contribution in [0.4, 0.5) is 0 Å². The second-order valence-electron chi connectivity index (χ2n) is 5.12. The lowest BCUT2D eigenvalue weighted by Gasteiger charge is -2.12. The van der Waals surface area contributed by atoms with Crippen LogP contribution in [0.25, 0.3) is 0 Å². The maximum atomic E-state index is 11.7. The normalized spacial score (nSPS) is 14.9. The highest BCUT2D eigenvalue weighted by atomic mass is 32.2. The van der Waals surface area contributed by atoms with Gasteiger partial charge in [-0.2, -0.15) is 0 Å². The van der Waals surface area contributed by atoms with Gasteiger partial charge in [0.25, 0.3) is 0 Å². The van der Waals surface area contributed by atoms with Gasteiger partial charge in [0.15, 0.2) is 0 Å². The van der Waals surface area contributed by atoms with Crippen molar-refractivity contribution in [1.82, 2.24) is 15.6 Å². The van der Waals surface area contributed by atoms with Crippen LogP contribution >= 0.6 is 11.8 Å². The molecule has 0 bridgehead atoms. The monoisotopic (exact) mass is 307 g/mol. The minimum atomic E-state index is -0.0505. The van der Waals surface area contributed by atoms with E-state index in [1.165, 1.54) is 24.6 Å². The van der Waals surface area contributed by atoms with Gasteiger partial charge in [0.1, 0.15) is 0 Å². The zero-order valence-electron chi connectivity index (χ0n) is 12.0. The summed E-state index contributed by atoms with van der Waals surface area (Å²) in [5, 5.41) is 5.78. The van der Waals surface area contributed by atoms with Crippen LogP contribution in [0.5, 0.6) is 0 Å². The number of pyridine rings is 1. The molecule has 2 N–H and O–H groups in total. The van der Waals surface area contributed by atoms with Gasteiger partial charge in [0, 0.05) is 36.3 Å². The molecule has 1 aromatic rings. The fourth-order valence-electron chi connectivity index (χ4n) is 2.32. The van der Waals surface area contributed by atoms with Crippen LogP contribution in [0, 0.1) is 0 Å². The highest BCUT2D eigenvalue weighted by Gasteiger charge is 2.16. The average molecular weight is 307 g/mol. The van der Waals surface area contributed by atoms with Crippen molar-refractivity contribution in [3.05, 3.63) is 24.5 Å². The number of rotatable bonds is 7. The number of amides is 2. The summed E-state index contributed by atoms with van der Waals surface area (Å²) < 4.78 is 0. The third kappa shape index (κ3) is 6.16. The molecule has 1 saturated carbocycles. The summed E-state index contributed by atoms with van der Waals surface area (Å²) in [5.74, 6) is 0.336. The van der Waals surface area contributed by atoms with Crippen LogP contribution in [0.1, 0.15) is 32.1 Å². The van der Waals surface area contributed by atoms with Crippen molar-refractivity contribution in [2.24, 2.45) is 0 Å². The van der Waals surface area contributed by atoms with Crippen molar-refractivity contribution < 1.29 is 9.59 Å². The SMILES string of the molecule is O=C(CSc1ccncc1)NCCC(=O)NC1CCCC1. The predicted octanol–water partition coefficient (Wildman–Crippen LogP) is 1.74. The van der Waals surface area contributed by atoms with Gasteiger partial charge in [-0.3, -0.25) is 14.6 Å². The summed E-state index contributed by atoms with van der Waals surface area (Å²) in [6.07, 6.45) is 8.33. The van der Waals surface area contributed by atoms with Crippen molar-refractivity contribution >= 4 is 23.6 Å². The van der Waals surface area contributed by atoms with Crippen molar-refractivity contribution in [3.63, 3.8) is 0 Å². The van der Waals surface area contributed by atoms with Gasteiger partial charge in [-0.05, 0) is 25.0 Å². The number of carbonyl (C=O) groups excluding carboxylic acids is 2. The first-order valence-electron chi connectivity index (χ1n) is 7.33. The van der Waals surface area contributed by atoms with E-state index in [0.717, 1.165) is 17.7 Å².